The van der Waals surface area contributed by atoms with Crippen molar-refractivity contribution in [1.82, 2.24) is 0 Å². The third-order valence-corrected chi connectivity index (χ3v) is 3.26. The molecule has 2 N–H and O–H groups in total. The molecule has 0 amide bonds. The largest absolute Gasteiger partial charge is 0.392 e. The van der Waals surface area contributed by atoms with Crippen molar-refractivity contribution in [2.24, 2.45) is 10.8 Å². The van der Waals surface area contributed by atoms with Gasteiger partial charge in [-0.3, -0.25) is 0 Å². The lowest BCUT2D eigenvalue weighted by atomic mass is 9.77. The lowest BCUT2D eigenvalue weighted by Crippen LogP contribution is -2.37. The highest BCUT2D eigenvalue weighted by Crippen LogP contribution is 2.31. The van der Waals surface area contributed by atoms with Crippen LogP contribution in [0.5, 0.6) is 0 Å². The van der Waals surface area contributed by atoms with Gasteiger partial charge in [0.05, 0.1) is 12.2 Å². The molecule has 2 unspecified atom stereocenters. The summed E-state index contributed by atoms with van der Waals surface area (Å²) < 4.78 is 0. The topological polar surface area (TPSA) is 40.5 Å². The molecule has 0 aromatic rings. The summed E-state index contributed by atoms with van der Waals surface area (Å²) in [4.78, 5) is 0. The minimum atomic E-state index is -0.441. The van der Waals surface area contributed by atoms with E-state index in [1.54, 1.807) is 0 Å². The molecule has 0 saturated heterocycles. The number of hydrogen-bond acceptors (Lipinski definition) is 2. The first-order chi connectivity index (χ1) is 6.11. The molecule has 0 rings (SSSR count). The molecule has 0 bridgehead atoms. The maximum atomic E-state index is 9.95. The fourth-order valence-corrected chi connectivity index (χ4v) is 1.12. The second-order valence-corrected chi connectivity index (χ2v) is 5.98. The van der Waals surface area contributed by atoms with E-state index in [1.165, 1.54) is 0 Å². The van der Waals surface area contributed by atoms with Gasteiger partial charge in [0.1, 0.15) is 0 Å². The Kier molecular flexibility index (Phi) is 4.60. The smallest absolute Gasteiger partial charge is 0.0615 e. The van der Waals surface area contributed by atoms with Crippen LogP contribution in [0, 0.1) is 10.8 Å². The fraction of sp³-hybridized carbons (Fsp3) is 1.00. The van der Waals surface area contributed by atoms with E-state index in [0.717, 1.165) is 6.42 Å². The summed E-state index contributed by atoms with van der Waals surface area (Å²) in [6.45, 7) is 12.1. The monoisotopic (exact) mass is 202 g/mol. The zero-order valence-corrected chi connectivity index (χ0v) is 10.5. The van der Waals surface area contributed by atoms with Crippen LogP contribution in [0.25, 0.3) is 0 Å². The number of aliphatic hydroxyl groups is 2. The molecule has 0 radical (unpaired) electrons. The molecule has 0 spiro atoms. The van der Waals surface area contributed by atoms with Gasteiger partial charge in [-0.2, -0.15) is 0 Å². The third kappa shape index (κ3) is 3.97. The van der Waals surface area contributed by atoms with Gasteiger partial charge in [-0.25, -0.2) is 0 Å². The number of aliphatic hydroxyl groups excluding tert-OH is 2. The highest BCUT2D eigenvalue weighted by molar-refractivity contribution is 4.82. The summed E-state index contributed by atoms with van der Waals surface area (Å²) >= 11 is 0. The van der Waals surface area contributed by atoms with Gasteiger partial charge in [0.2, 0.25) is 0 Å². The maximum absolute atomic E-state index is 9.95. The molecule has 2 heteroatoms. The van der Waals surface area contributed by atoms with Crippen molar-refractivity contribution in [2.45, 2.75) is 66.6 Å². The van der Waals surface area contributed by atoms with Crippen molar-refractivity contribution >= 4 is 0 Å². The Morgan fingerprint density at radius 1 is 0.929 bits per heavy atom. The molecule has 86 valence electrons. The quantitative estimate of drug-likeness (QED) is 0.735. The maximum Gasteiger partial charge on any atom is 0.0615 e. The van der Waals surface area contributed by atoms with E-state index in [4.69, 9.17) is 0 Å². The first-order valence-corrected chi connectivity index (χ1v) is 5.47. The van der Waals surface area contributed by atoms with Crippen LogP contribution in [0.15, 0.2) is 0 Å². The van der Waals surface area contributed by atoms with Gasteiger partial charge >= 0.3 is 0 Å². The average Bonchev–Trinajstić information content (AvgIpc) is 2.02. The summed E-state index contributed by atoms with van der Waals surface area (Å²) in [6, 6.07) is 0. The standard InChI is InChI=1S/C12H26O2/c1-7-12(5,6)10(14)8-9(13)11(2,3)4/h9-10,13-14H,7-8H2,1-6H3. The first-order valence-electron chi connectivity index (χ1n) is 5.47. The van der Waals surface area contributed by atoms with E-state index in [9.17, 15) is 10.2 Å². The second-order valence-electron chi connectivity index (χ2n) is 5.98. The van der Waals surface area contributed by atoms with E-state index in [1.807, 2.05) is 34.6 Å². The number of rotatable bonds is 4. The predicted octanol–water partition coefficient (Wildman–Crippen LogP) is 2.58. The fourth-order valence-electron chi connectivity index (χ4n) is 1.12. The van der Waals surface area contributed by atoms with Crippen LogP contribution >= 0.6 is 0 Å². The Bertz CT molecular complexity index is 168. The van der Waals surface area contributed by atoms with E-state index in [2.05, 4.69) is 6.92 Å². The zero-order chi connectivity index (χ0) is 11.6. The van der Waals surface area contributed by atoms with Crippen LogP contribution in [0.1, 0.15) is 54.4 Å². The highest BCUT2D eigenvalue weighted by atomic mass is 16.3. The summed E-state index contributed by atoms with van der Waals surface area (Å²) in [6.07, 6.45) is 0.514. The Morgan fingerprint density at radius 2 is 1.36 bits per heavy atom. The van der Waals surface area contributed by atoms with Crippen LogP contribution in [0.2, 0.25) is 0 Å². The van der Waals surface area contributed by atoms with E-state index in [0.29, 0.717) is 6.42 Å². The summed E-state index contributed by atoms with van der Waals surface area (Å²) in [5.74, 6) is 0. The van der Waals surface area contributed by atoms with Crippen LogP contribution in [-0.2, 0) is 0 Å². The SMILES string of the molecule is CCC(C)(C)C(O)CC(O)C(C)(C)C. The van der Waals surface area contributed by atoms with E-state index in [-0.39, 0.29) is 10.8 Å². The van der Waals surface area contributed by atoms with E-state index >= 15 is 0 Å². The third-order valence-electron chi connectivity index (χ3n) is 3.26. The molecule has 0 aromatic heterocycles. The second kappa shape index (κ2) is 4.63. The summed E-state index contributed by atoms with van der Waals surface area (Å²) in [7, 11) is 0. The normalized spacial score (nSPS) is 18.0. The van der Waals surface area contributed by atoms with Gasteiger partial charge in [-0.05, 0) is 17.3 Å². The van der Waals surface area contributed by atoms with Crippen molar-refractivity contribution in [2.75, 3.05) is 0 Å². The molecule has 0 fully saturated rings. The Balaban J connectivity index is 4.26. The predicted molar refractivity (Wildman–Crippen MR) is 60.2 cm³/mol. The van der Waals surface area contributed by atoms with Gasteiger partial charge in [0.25, 0.3) is 0 Å². The Morgan fingerprint density at radius 3 is 1.64 bits per heavy atom. The molecule has 0 aliphatic rings. The van der Waals surface area contributed by atoms with E-state index < -0.39 is 12.2 Å². The van der Waals surface area contributed by atoms with Gasteiger partial charge < -0.3 is 10.2 Å². The van der Waals surface area contributed by atoms with Crippen molar-refractivity contribution < 1.29 is 10.2 Å². The lowest BCUT2D eigenvalue weighted by molar-refractivity contribution is -0.0306. The molecule has 0 saturated carbocycles. The van der Waals surface area contributed by atoms with Gasteiger partial charge in [-0.15, -0.1) is 0 Å². The molecule has 2 atom stereocenters. The Hall–Kier alpha value is -0.0800. The molecular formula is C12H26O2. The first kappa shape index (κ1) is 13.9. The molecule has 0 aromatic carbocycles. The molecule has 0 heterocycles. The van der Waals surface area contributed by atoms with Crippen LogP contribution < -0.4 is 0 Å². The van der Waals surface area contributed by atoms with Crippen molar-refractivity contribution in [3.8, 4) is 0 Å². The molecule has 0 aliphatic heterocycles. The van der Waals surface area contributed by atoms with Gasteiger partial charge in [-0.1, -0.05) is 41.5 Å². The summed E-state index contributed by atoms with van der Waals surface area (Å²) in [5, 5.41) is 19.8. The van der Waals surface area contributed by atoms with Crippen LogP contribution in [0.3, 0.4) is 0 Å². The average molecular weight is 202 g/mol. The minimum Gasteiger partial charge on any atom is -0.392 e. The van der Waals surface area contributed by atoms with Crippen molar-refractivity contribution in [1.29, 1.82) is 0 Å². The zero-order valence-electron chi connectivity index (χ0n) is 10.5. The van der Waals surface area contributed by atoms with Crippen LogP contribution in [-0.4, -0.2) is 22.4 Å². The molecular weight excluding hydrogens is 176 g/mol. The molecule has 14 heavy (non-hydrogen) atoms. The highest BCUT2D eigenvalue weighted by Gasteiger charge is 2.31. The number of hydrogen-bond donors (Lipinski definition) is 2. The summed E-state index contributed by atoms with van der Waals surface area (Å²) in [5.41, 5.74) is -0.253. The lowest BCUT2D eigenvalue weighted by Gasteiger charge is -2.34. The molecule has 0 aliphatic carbocycles. The van der Waals surface area contributed by atoms with Crippen molar-refractivity contribution in [3.63, 3.8) is 0 Å². The van der Waals surface area contributed by atoms with Crippen molar-refractivity contribution in [3.05, 3.63) is 0 Å². The molecule has 2 nitrogen and oxygen atoms in total. The van der Waals surface area contributed by atoms with Crippen LogP contribution in [0.4, 0.5) is 0 Å². The minimum absolute atomic E-state index is 0.105. The van der Waals surface area contributed by atoms with Gasteiger partial charge in [0, 0.05) is 6.42 Å². The Labute approximate surface area is 88.3 Å². The van der Waals surface area contributed by atoms with Gasteiger partial charge in [0.15, 0.2) is 0 Å².